The number of rotatable bonds is 9. The molecule has 0 radical (unpaired) electrons. The van der Waals surface area contributed by atoms with E-state index in [1.165, 1.54) is 24.6 Å². The first-order valence-corrected chi connectivity index (χ1v) is 13.7. The SMILES string of the molecule is C=Cc1cnn2c(NCc3cccnc3)cc(C3CCN(S(=O)(=O)c4ccc(OC)c(OC)c4)CC3)nc12. The molecule has 0 atom stereocenters. The molecule has 4 heterocycles. The maximum atomic E-state index is 13.4. The molecule has 198 valence electrons. The summed E-state index contributed by atoms with van der Waals surface area (Å²) in [6, 6.07) is 10.6. The Hall–Kier alpha value is -3.96. The van der Waals surface area contributed by atoms with Gasteiger partial charge in [0.2, 0.25) is 10.0 Å². The monoisotopic (exact) mass is 534 g/mol. The fraction of sp³-hybridized carbons (Fsp3) is 0.296. The van der Waals surface area contributed by atoms with Crippen molar-refractivity contribution in [2.75, 3.05) is 32.6 Å². The Morgan fingerprint density at radius 1 is 1.11 bits per heavy atom. The lowest BCUT2D eigenvalue weighted by Gasteiger charge is -2.31. The molecule has 1 N–H and O–H groups in total. The molecule has 0 spiro atoms. The van der Waals surface area contributed by atoms with Crippen LogP contribution in [0.4, 0.5) is 5.82 Å². The molecule has 1 aromatic carbocycles. The van der Waals surface area contributed by atoms with Crippen molar-refractivity contribution in [1.29, 1.82) is 0 Å². The van der Waals surface area contributed by atoms with Crippen molar-refractivity contribution in [1.82, 2.24) is 23.9 Å². The number of nitrogens with one attached hydrogen (secondary N) is 1. The number of sulfonamides is 1. The van der Waals surface area contributed by atoms with E-state index in [0.29, 0.717) is 49.6 Å². The van der Waals surface area contributed by atoms with E-state index in [9.17, 15) is 8.42 Å². The molecule has 1 aliphatic rings. The fourth-order valence-corrected chi connectivity index (χ4v) is 6.18. The Bertz CT molecular complexity index is 1550. The number of hydrogen-bond acceptors (Lipinski definition) is 8. The lowest BCUT2D eigenvalue weighted by Crippen LogP contribution is -2.38. The van der Waals surface area contributed by atoms with Crippen molar-refractivity contribution in [2.45, 2.75) is 30.2 Å². The molecule has 0 amide bonds. The summed E-state index contributed by atoms with van der Waals surface area (Å²) in [5, 5.41) is 7.94. The van der Waals surface area contributed by atoms with Gasteiger partial charge in [0, 0.05) is 61.3 Å². The number of anilines is 1. The standard InChI is InChI=1S/C27H30N6O4S/c1-4-20-18-30-33-26(29-17-19-6-5-11-28-16-19)15-23(31-27(20)33)21-9-12-32(13-10-21)38(34,35)22-7-8-24(36-2)25(14-22)37-3/h4-8,11,14-16,18,21,29H,1,9-10,12-13,17H2,2-3H3. The highest BCUT2D eigenvalue weighted by atomic mass is 32.2. The fourth-order valence-electron chi connectivity index (χ4n) is 4.69. The Morgan fingerprint density at radius 3 is 2.58 bits per heavy atom. The molecule has 1 saturated heterocycles. The van der Waals surface area contributed by atoms with Crippen LogP contribution < -0.4 is 14.8 Å². The quantitative estimate of drug-likeness (QED) is 0.344. The van der Waals surface area contributed by atoms with Crippen LogP contribution in [0.3, 0.4) is 0 Å². The molecule has 10 nitrogen and oxygen atoms in total. The predicted molar refractivity (Wildman–Crippen MR) is 145 cm³/mol. The van der Waals surface area contributed by atoms with Crippen LogP contribution in [-0.4, -0.2) is 59.6 Å². The smallest absolute Gasteiger partial charge is 0.243 e. The van der Waals surface area contributed by atoms with Crippen LogP contribution in [0.5, 0.6) is 11.5 Å². The minimum Gasteiger partial charge on any atom is -0.493 e. The molecule has 0 bridgehead atoms. The Labute approximate surface area is 222 Å². The summed E-state index contributed by atoms with van der Waals surface area (Å²) in [5.74, 6) is 1.77. The normalized spacial score (nSPS) is 14.9. The van der Waals surface area contributed by atoms with Crippen LogP contribution in [0.15, 0.2) is 66.5 Å². The van der Waals surface area contributed by atoms with Gasteiger partial charge in [0.25, 0.3) is 0 Å². The van der Waals surface area contributed by atoms with Crippen molar-refractivity contribution in [2.24, 2.45) is 0 Å². The van der Waals surface area contributed by atoms with Gasteiger partial charge in [0.05, 0.1) is 25.3 Å². The highest BCUT2D eigenvalue weighted by Crippen LogP contribution is 2.34. The van der Waals surface area contributed by atoms with Gasteiger partial charge in [-0.25, -0.2) is 13.4 Å². The summed E-state index contributed by atoms with van der Waals surface area (Å²) in [4.78, 5) is 9.28. The zero-order valence-electron chi connectivity index (χ0n) is 21.4. The van der Waals surface area contributed by atoms with Crippen molar-refractivity contribution in [3.05, 3.63) is 78.4 Å². The number of ether oxygens (including phenoxy) is 2. The first-order valence-electron chi connectivity index (χ1n) is 12.3. The molecule has 4 aromatic rings. The molecule has 38 heavy (non-hydrogen) atoms. The predicted octanol–water partition coefficient (Wildman–Crippen LogP) is 3.96. The molecular weight excluding hydrogens is 504 g/mol. The third-order valence-electron chi connectivity index (χ3n) is 6.80. The Morgan fingerprint density at radius 2 is 1.89 bits per heavy atom. The molecule has 0 saturated carbocycles. The highest BCUT2D eigenvalue weighted by molar-refractivity contribution is 7.89. The van der Waals surface area contributed by atoms with Gasteiger partial charge in [-0.15, -0.1) is 0 Å². The van der Waals surface area contributed by atoms with Gasteiger partial charge in [-0.05, 0) is 36.6 Å². The molecule has 0 aliphatic carbocycles. The van der Waals surface area contributed by atoms with E-state index in [1.807, 2.05) is 24.4 Å². The van der Waals surface area contributed by atoms with Gasteiger partial charge < -0.3 is 14.8 Å². The number of piperidine rings is 1. The molecular formula is C27H30N6O4S. The van der Waals surface area contributed by atoms with Crippen LogP contribution in [0.25, 0.3) is 11.7 Å². The largest absolute Gasteiger partial charge is 0.493 e. The second-order valence-electron chi connectivity index (χ2n) is 9.02. The highest BCUT2D eigenvalue weighted by Gasteiger charge is 2.31. The van der Waals surface area contributed by atoms with Crippen LogP contribution in [0, 0.1) is 0 Å². The van der Waals surface area contributed by atoms with E-state index >= 15 is 0 Å². The number of fused-ring (bicyclic) bond motifs is 1. The van der Waals surface area contributed by atoms with Crippen LogP contribution >= 0.6 is 0 Å². The van der Waals surface area contributed by atoms with Crippen LogP contribution in [0.1, 0.15) is 35.6 Å². The van der Waals surface area contributed by atoms with Gasteiger partial charge in [-0.2, -0.15) is 13.9 Å². The average Bonchev–Trinajstić information content (AvgIpc) is 3.39. The van der Waals surface area contributed by atoms with E-state index < -0.39 is 10.0 Å². The Kier molecular flexibility index (Phi) is 7.30. The summed E-state index contributed by atoms with van der Waals surface area (Å²) in [5.41, 5.74) is 3.50. The van der Waals surface area contributed by atoms with Crippen molar-refractivity contribution in [3.8, 4) is 11.5 Å². The molecule has 0 unspecified atom stereocenters. The number of aromatic nitrogens is 4. The van der Waals surface area contributed by atoms with Crippen molar-refractivity contribution >= 4 is 27.6 Å². The summed E-state index contributed by atoms with van der Waals surface area (Å²) in [7, 11) is -0.672. The topological polar surface area (TPSA) is 111 Å². The van der Waals surface area contributed by atoms with E-state index in [2.05, 4.69) is 22.0 Å². The summed E-state index contributed by atoms with van der Waals surface area (Å²) < 4.78 is 40.6. The van der Waals surface area contributed by atoms with Gasteiger partial charge >= 0.3 is 0 Å². The van der Waals surface area contributed by atoms with Crippen LogP contribution in [-0.2, 0) is 16.6 Å². The van der Waals surface area contributed by atoms with Crippen LogP contribution in [0.2, 0.25) is 0 Å². The number of methoxy groups -OCH3 is 2. The minimum atomic E-state index is -3.68. The second kappa shape index (κ2) is 10.8. The van der Waals surface area contributed by atoms with Gasteiger partial charge in [-0.3, -0.25) is 4.98 Å². The third kappa shape index (κ3) is 4.94. The summed E-state index contributed by atoms with van der Waals surface area (Å²) >= 11 is 0. The summed E-state index contributed by atoms with van der Waals surface area (Å²) in [6.45, 7) is 5.25. The third-order valence-corrected chi connectivity index (χ3v) is 8.69. The maximum absolute atomic E-state index is 13.4. The van der Waals surface area contributed by atoms with Gasteiger partial charge in [0.15, 0.2) is 17.1 Å². The maximum Gasteiger partial charge on any atom is 0.243 e. The van der Waals surface area contributed by atoms with E-state index in [1.54, 1.807) is 35.1 Å². The molecule has 1 aliphatic heterocycles. The Balaban J connectivity index is 1.37. The number of nitrogens with zero attached hydrogens (tertiary/aromatic N) is 5. The molecule has 11 heteroatoms. The summed E-state index contributed by atoms with van der Waals surface area (Å²) in [6.07, 6.45) is 8.34. The number of benzene rings is 1. The number of hydrogen-bond donors (Lipinski definition) is 1. The molecule has 3 aromatic heterocycles. The minimum absolute atomic E-state index is 0.100. The second-order valence-corrected chi connectivity index (χ2v) is 11.0. The first-order chi connectivity index (χ1) is 18.4. The van der Waals surface area contributed by atoms with Gasteiger partial charge in [0.1, 0.15) is 5.82 Å². The van der Waals surface area contributed by atoms with Crippen molar-refractivity contribution < 1.29 is 17.9 Å². The van der Waals surface area contributed by atoms with E-state index in [0.717, 1.165) is 22.6 Å². The molecule has 5 rings (SSSR count). The number of pyridine rings is 1. The van der Waals surface area contributed by atoms with E-state index in [-0.39, 0.29) is 10.8 Å². The lowest BCUT2D eigenvalue weighted by molar-refractivity contribution is 0.316. The zero-order chi connectivity index (χ0) is 26.7. The first kappa shape index (κ1) is 25.7. The molecule has 1 fully saturated rings. The lowest BCUT2D eigenvalue weighted by atomic mass is 9.94. The van der Waals surface area contributed by atoms with E-state index in [4.69, 9.17) is 14.5 Å². The van der Waals surface area contributed by atoms with Crippen molar-refractivity contribution in [3.63, 3.8) is 0 Å². The average molecular weight is 535 g/mol. The van der Waals surface area contributed by atoms with Gasteiger partial charge in [-0.1, -0.05) is 18.7 Å². The zero-order valence-corrected chi connectivity index (χ0v) is 22.2.